The van der Waals surface area contributed by atoms with Crippen LogP contribution in [0.5, 0.6) is 0 Å². The van der Waals surface area contributed by atoms with Gasteiger partial charge in [0, 0.05) is 19.0 Å². The van der Waals surface area contributed by atoms with E-state index in [2.05, 4.69) is 10.6 Å². The van der Waals surface area contributed by atoms with Gasteiger partial charge in [-0.15, -0.1) is 0 Å². The van der Waals surface area contributed by atoms with Crippen molar-refractivity contribution in [2.24, 2.45) is 11.7 Å². The Hall–Kier alpha value is -1.10. The molecule has 5 nitrogen and oxygen atoms in total. The van der Waals surface area contributed by atoms with E-state index >= 15 is 0 Å². The molecule has 0 aromatic rings. The maximum absolute atomic E-state index is 11.6. The van der Waals surface area contributed by atoms with E-state index in [0.717, 1.165) is 0 Å². The minimum absolute atomic E-state index is 0.0278. The number of amides is 2. The van der Waals surface area contributed by atoms with Gasteiger partial charge in [-0.3, -0.25) is 9.59 Å². The lowest BCUT2D eigenvalue weighted by atomic mass is 10.0. The predicted molar refractivity (Wildman–Crippen MR) is 57.0 cm³/mol. The second kappa shape index (κ2) is 5.11. The molecule has 0 saturated carbocycles. The molecule has 15 heavy (non-hydrogen) atoms. The number of carbonyl (C=O) groups excluding carboxylic acids is 2. The molecule has 1 heterocycles. The molecule has 4 N–H and O–H groups in total. The van der Waals surface area contributed by atoms with Gasteiger partial charge in [-0.2, -0.15) is 0 Å². The Bertz CT molecular complexity index is 243. The SMILES string of the molecule is CC(C)[C@@H](N)C(=O)NC1CCC(=O)NC1. The largest absolute Gasteiger partial charge is 0.354 e. The highest BCUT2D eigenvalue weighted by Crippen LogP contribution is 2.04. The van der Waals surface area contributed by atoms with Crippen molar-refractivity contribution in [3.63, 3.8) is 0 Å². The average Bonchev–Trinajstić information content (AvgIpc) is 2.20. The maximum atomic E-state index is 11.6. The second-order valence-corrected chi connectivity index (χ2v) is 4.32. The summed E-state index contributed by atoms with van der Waals surface area (Å²) < 4.78 is 0. The van der Waals surface area contributed by atoms with Gasteiger partial charge in [-0.05, 0) is 12.3 Å². The first-order valence-corrected chi connectivity index (χ1v) is 5.33. The number of nitrogens with two attached hydrogens (primary N) is 1. The molecule has 1 aliphatic rings. The molecule has 1 rings (SSSR count). The lowest BCUT2D eigenvalue weighted by molar-refractivity contribution is -0.126. The van der Waals surface area contributed by atoms with Crippen molar-refractivity contribution >= 4 is 11.8 Å². The first-order valence-electron chi connectivity index (χ1n) is 5.33. The van der Waals surface area contributed by atoms with Gasteiger partial charge in [0.05, 0.1) is 6.04 Å². The zero-order chi connectivity index (χ0) is 11.4. The second-order valence-electron chi connectivity index (χ2n) is 4.32. The first-order chi connectivity index (χ1) is 7.00. The number of hydrogen-bond acceptors (Lipinski definition) is 3. The highest BCUT2D eigenvalue weighted by molar-refractivity contribution is 5.82. The fourth-order valence-corrected chi connectivity index (χ4v) is 1.46. The average molecular weight is 213 g/mol. The summed E-state index contributed by atoms with van der Waals surface area (Å²) >= 11 is 0. The molecular formula is C10H19N3O2. The summed E-state index contributed by atoms with van der Waals surface area (Å²) in [7, 11) is 0. The molecule has 2 amide bonds. The Balaban J connectivity index is 2.35. The van der Waals surface area contributed by atoms with Crippen LogP contribution in [-0.4, -0.2) is 30.4 Å². The minimum Gasteiger partial charge on any atom is -0.354 e. The number of hydrogen-bond donors (Lipinski definition) is 3. The zero-order valence-corrected chi connectivity index (χ0v) is 9.25. The van der Waals surface area contributed by atoms with Crippen LogP contribution in [0.3, 0.4) is 0 Å². The maximum Gasteiger partial charge on any atom is 0.237 e. The van der Waals surface area contributed by atoms with Crippen molar-refractivity contribution in [2.75, 3.05) is 6.54 Å². The lowest BCUT2D eigenvalue weighted by Gasteiger charge is -2.25. The lowest BCUT2D eigenvalue weighted by Crippen LogP contribution is -2.53. The number of carbonyl (C=O) groups is 2. The van der Waals surface area contributed by atoms with Crippen LogP contribution in [0.1, 0.15) is 26.7 Å². The van der Waals surface area contributed by atoms with Gasteiger partial charge >= 0.3 is 0 Å². The molecule has 1 saturated heterocycles. The first kappa shape index (κ1) is 12.0. The third-order valence-electron chi connectivity index (χ3n) is 2.63. The van der Waals surface area contributed by atoms with E-state index in [1.807, 2.05) is 13.8 Å². The number of piperidine rings is 1. The quantitative estimate of drug-likeness (QED) is 0.583. The monoisotopic (exact) mass is 213 g/mol. The van der Waals surface area contributed by atoms with E-state index in [1.54, 1.807) is 0 Å². The summed E-state index contributed by atoms with van der Waals surface area (Å²) in [6.07, 6.45) is 1.17. The smallest absolute Gasteiger partial charge is 0.237 e. The predicted octanol–water partition coefficient (Wildman–Crippen LogP) is -0.635. The number of nitrogens with one attached hydrogen (secondary N) is 2. The van der Waals surface area contributed by atoms with Gasteiger partial charge in [-0.25, -0.2) is 0 Å². The van der Waals surface area contributed by atoms with Gasteiger partial charge in [0.2, 0.25) is 11.8 Å². The molecule has 2 atom stereocenters. The van der Waals surface area contributed by atoms with E-state index in [4.69, 9.17) is 5.73 Å². The van der Waals surface area contributed by atoms with Crippen molar-refractivity contribution in [1.82, 2.24) is 10.6 Å². The van der Waals surface area contributed by atoms with E-state index in [-0.39, 0.29) is 23.8 Å². The van der Waals surface area contributed by atoms with Crippen molar-refractivity contribution in [3.05, 3.63) is 0 Å². The van der Waals surface area contributed by atoms with Gasteiger partial charge < -0.3 is 16.4 Å². The molecular weight excluding hydrogens is 194 g/mol. The third kappa shape index (κ3) is 3.51. The van der Waals surface area contributed by atoms with Crippen LogP contribution in [-0.2, 0) is 9.59 Å². The van der Waals surface area contributed by atoms with Crippen LogP contribution in [0.2, 0.25) is 0 Å². The molecule has 0 spiro atoms. The van der Waals surface area contributed by atoms with Gasteiger partial charge in [-0.1, -0.05) is 13.8 Å². The standard InChI is InChI=1S/C10H19N3O2/c1-6(2)9(11)10(15)13-7-3-4-8(14)12-5-7/h6-7,9H,3-5,11H2,1-2H3,(H,12,14)(H,13,15)/t7?,9-/m1/s1. The summed E-state index contributed by atoms with van der Waals surface area (Å²) in [6, 6.07) is -0.442. The van der Waals surface area contributed by atoms with Crippen LogP contribution >= 0.6 is 0 Å². The van der Waals surface area contributed by atoms with Gasteiger partial charge in [0.25, 0.3) is 0 Å². The summed E-state index contributed by atoms with van der Waals surface area (Å²) in [6.45, 7) is 4.33. The normalized spacial score (nSPS) is 23.5. The minimum atomic E-state index is -0.470. The molecule has 1 aliphatic heterocycles. The van der Waals surface area contributed by atoms with Crippen molar-refractivity contribution < 1.29 is 9.59 Å². The van der Waals surface area contributed by atoms with Gasteiger partial charge in [0.1, 0.15) is 0 Å². The van der Waals surface area contributed by atoms with Crippen LogP contribution in [0.25, 0.3) is 0 Å². The molecule has 1 unspecified atom stereocenters. The zero-order valence-electron chi connectivity index (χ0n) is 9.25. The Morgan fingerprint density at radius 2 is 2.27 bits per heavy atom. The molecule has 0 aromatic carbocycles. The summed E-state index contributed by atoms with van der Waals surface area (Å²) in [5, 5.41) is 5.55. The van der Waals surface area contributed by atoms with Gasteiger partial charge in [0.15, 0.2) is 0 Å². The van der Waals surface area contributed by atoms with Crippen LogP contribution < -0.4 is 16.4 Å². The van der Waals surface area contributed by atoms with Crippen LogP contribution in [0.4, 0.5) is 0 Å². The molecule has 0 aromatic heterocycles. The summed E-state index contributed by atoms with van der Waals surface area (Å²) in [4.78, 5) is 22.5. The Morgan fingerprint density at radius 3 is 2.73 bits per heavy atom. The highest BCUT2D eigenvalue weighted by Gasteiger charge is 2.23. The van der Waals surface area contributed by atoms with Crippen molar-refractivity contribution in [1.29, 1.82) is 0 Å². The highest BCUT2D eigenvalue weighted by atomic mass is 16.2. The van der Waals surface area contributed by atoms with Crippen molar-refractivity contribution in [3.8, 4) is 0 Å². The van der Waals surface area contributed by atoms with Crippen molar-refractivity contribution in [2.45, 2.75) is 38.8 Å². The Morgan fingerprint density at radius 1 is 1.60 bits per heavy atom. The fraction of sp³-hybridized carbons (Fsp3) is 0.800. The van der Waals surface area contributed by atoms with E-state index in [1.165, 1.54) is 0 Å². The molecule has 0 aliphatic carbocycles. The van der Waals surface area contributed by atoms with Crippen LogP contribution in [0.15, 0.2) is 0 Å². The molecule has 0 radical (unpaired) electrons. The Labute approximate surface area is 89.8 Å². The molecule has 86 valence electrons. The number of rotatable bonds is 3. The van der Waals surface area contributed by atoms with Crippen LogP contribution in [0, 0.1) is 5.92 Å². The summed E-state index contributed by atoms with van der Waals surface area (Å²) in [5.74, 6) is 0.0444. The third-order valence-corrected chi connectivity index (χ3v) is 2.63. The van der Waals surface area contributed by atoms with E-state index in [0.29, 0.717) is 19.4 Å². The molecule has 1 fully saturated rings. The molecule has 0 bridgehead atoms. The fourth-order valence-electron chi connectivity index (χ4n) is 1.46. The van der Waals surface area contributed by atoms with E-state index in [9.17, 15) is 9.59 Å². The topological polar surface area (TPSA) is 84.2 Å². The summed E-state index contributed by atoms with van der Waals surface area (Å²) in [5.41, 5.74) is 5.71. The Kier molecular flexibility index (Phi) is 4.08. The van der Waals surface area contributed by atoms with E-state index < -0.39 is 6.04 Å². The molecule has 5 heteroatoms.